The molecule has 2 fully saturated rings. The van der Waals surface area contributed by atoms with Crippen LogP contribution in [0.5, 0.6) is 0 Å². The molecule has 3 rings (SSSR count). The van der Waals surface area contributed by atoms with Crippen molar-refractivity contribution in [3.05, 3.63) is 35.4 Å². The second-order valence-electron chi connectivity index (χ2n) is 6.74. The van der Waals surface area contributed by atoms with E-state index in [1.807, 2.05) is 6.92 Å². The molecular formula is C17H19F2N3O3. The fourth-order valence-electron chi connectivity index (χ4n) is 3.14. The third-order valence-electron chi connectivity index (χ3n) is 4.76. The third kappa shape index (κ3) is 3.08. The Balaban J connectivity index is 1.78. The smallest absolute Gasteiger partial charge is 0.325 e. The number of amides is 4. The molecule has 0 radical (unpaired) electrons. The second-order valence-corrected chi connectivity index (χ2v) is 6.74. The van der Waals surface area contributed by atoms with Crippen LogP contribution in [0.2, 0.25) is 0 Å². The molecule has 1 aliphatic carbocycles. The normalized spacial score (nSPS) is 24.2. The largest absolute Gasteiger partial charge is 0.352 e. The fraction of sp³-hybridized carbons (Fsp3) is 0.471. The number of benzene rings is 1. The average Bonchev–Trinajstić information content (AvgIpc) is 3.33. The van der Waals surface area contributed by atoms with Gasteiger partial charge in [0.2, 0.25) is 5.91 Å². The zero-order chi connectivity index (χ0) is 18.4. The summed E-state index contributed by atoms with van der Waals surface area (Å²) in [5.74, 6) is -2.81. The van der Waals surface area contributed by atoms with Gasteiger partial charge in [-0.2, -0.15) is 0 Å². The minimum Gasteiger partial charge on any atom is -0.352 e. The van der Waals surface area contributed by atoms with Crippen molar-refractivity contribution >= 4 is 17.8 Å². The van der Waals surface area contributed by atoms with Gasteiger partial charge in [0.25, 0.3) is 5.91 Å². The van der Waals surface area contributed by atoms with Gasteiger partial charge in [0, 0.05) is 6.04 Å². The van der Waals surface area contributed by atoms with Crippen LogP contribution < -0.4 is 10.6 Å². The number of nitrogens with zero attached hydrogens (tertiary/aromatic N) is 1. The van der Waals surface area contributed by atoms with Crippen LogP contribution in [-0.2, 0) is 15.1 Å². The molecule has 6 nitrogen and oxygen atoms in total. The highest BCUT2D eigenvalue weighted by Gasteiger charge is 2.52. The molecule has 1 saturated carbocycles. The van der Waals surface area contributed by atoms with E-state index in [-0.39, 0.29) is 6.04 Å². The molecule has 4 amide bonds. The molecule has 2 aliphatic rings. The Morgan fingerprint density at radius 3 is 2.52 bits per heavy atom. The van der Waals surface area contributed by atoms with E-state index in [0.717, 1.165) is 25.0 Å². The average molecular weight is 351 g/mol. The summed E-state index contributed by atoms with van der Waals surface area (Å²) in [6.07, 6.45) is 2.07. The van der Waals surface area contributed by atoms with Gasteiger partial charge in [-0.05, 0) is 44.7 Å². The number of hydrogen-bond acceptors (Lipinski definition) is 3. The Kier molecular flexibility index (Phi) is 4.22. The van der Waals surface area contributed by atoms with E-state index in [4.69, 9.17) is 0 Å². The first-order valence-corrected chi connectivity index (χ1v) is 8.12. The van der Waals surface area contributed by atoms with Crippen LogP contribution in [-0.4, -0.2) is 35.3 Å². The summed E-state index contributed by atoms with van der Waals surface area (Å²) >= 11 is 0. The van der Waals surface area contributed by atoms with Crippen LogP contribution in [0.4, 0.5) is 13.6 Å². The minimum absolute atomic E-state index is 0.0383. The molecule has 2 atom stereocenters. The molecule has 1 aromatic rings. The predicted molar refractivity (Wildman–Crippen MR) is 84.3 cm³/mol. The first-order valence-electron chi connectivity index (χ1n) is 8.12. The summed E-state index contributed by atoms with van der Waals surface area (Å²) in [5.41, 5.74) is -2.43. The summed E-state index contributed by atoms with van der Waals surface area (Å²) < 4.78 is 28.1. The predicted octanol–water partition coefficient (Wildman–Crippen LogP) is 1.65. The topological polar surface area (TPSA) is 78.5 Å². The number of hydrogen-bond donors (Lipinski definition) is 2. The van der Waals surface area contributed by atoms with Gasteiger partial charge >= 0.3 is 6.03 Å². The van der Waals surface area contributed by atoms with E-state index in [1.54, 1.807) is 0 Å². The van der Waals surface area contributed by atoms with Crippen LogP contribution in [0.15, 0.2) is 18.2 Å². The zero-order valence-electron chi connectivity index (χ0n) is 13.9. The maximum absolute atomic E-state index is 14.1. The maximum atomic E-state index is 14.1. The van der Waals surface area contributed by atoms with E-state index in [2.05, 4.69) is 10.6 Å². The number of nitrogens with one attached hydrogen (secondary N) is 2. The highest BCUT2D eigenvalue weighted by molar-refractivity contribution is 6.09. The Hall–Kier alpha value is -2.51. The van der Waals surface area contributed by atoms with Crippen molar-refractivity contribution in [2.24, 2.45) is 5.92 Å². The fourth-order valence-corrected chi connectivity index (χ4v) is 3.14. The van der Waals surface area contributed by atoms with Crippen molar-refractivity contribution in [2.75, 3.05) is 6.54 Å². The first kappa shape index (κ1) is 17.3. The standard InChI is InChI=1S/C17H19F2N3O3/c1-9(10-6-7-10)20-13(23)8-22-15(24)17(2,21-16(22)25)14-11(18)4-3-5-12(14)19/h3-5,9-10H,6-8H2,1-2H3,(H,20,23)(H,21,25)/t9-,17+/m1/s1. The van der Waals surface area contributed by atoms with Crippen molar-refractivity contribution < 1.29 is 23.2 Å². The SMILES string of the molecule is C[C@@H](NC(=O)CN1C(=O)N[C@@](C)(c2c(F)cccc2F)C1=O)C1CC1. The van der Waals surface area contributed by atoms with Crippen LogP contribution in [0.25, 0.3) is 0 Å². The first-order chi connectivity index (χ1) is 11.7. The zero-order valence-corrected chi connectivity index (χ0v) is 13.9. The van der Waals surface area contributed by atoms with Gasteiger partial charge in [0.1, 0.15) is 23.7 Å². The Labute approximate surface area is 143 Å². The summed E-state index contributed by atoms with van der Waals surface area (Å²) in [6.45, 7) is 2.59. The summed E-state index contributed by atoms with van der Waals surface area (Å²) in [4.78, 5) is 37.5. The number of rotatable bonds is 5. The lowest BCUT2D eigenvalue weighted by Crippen LogP contribution is -2.45. The van der Waals surface area contributed by atoms with E-state index in [9.17, 15) is 23.2 Å². The number of carbonyl (C=O) groups is 3. The van der Waals surface area contributed by atoms with Gasteiger partial charge in [0.05, 0.1) is 5.56 Å². The molecule has 1 heterocycles. The third-order valence-corrected chi connectivity index (χ3v) is 4.76. The molecule has 0 aromatic heterocycles. The number of imide groups is 1. The van der Waals surface area contributed by atoms with Crippen LogP contribution in [0, 0.1) is 17.6 Å². The minimum atomic E-state index is -1.89. The Morgan fingerprint density at radius 1 is 1.36 bits per heavy atom. The molecule has 0 bridgehead atoms. The number of halogens is 2. The molecule has 25 heavy (non-hydrogen) atoms. The molecule has 0 unspecified atom stereocenters. The summed E-state index contributed by atoms with van der Waals surface area (Å²) in [5, 5.41) is 5.04. The molecular weight excluding hydrogens is 332 g/mol. The molecule has 134 valence electrons. The van der Waals surface area contributed by atoms with Gasteiger partial charge in [-0.1, -0.05) is 6.07 Å². The molecule has 8 heteroatoms. The van der Waals surface area contributed by atoms with Crippen molar-refractivity contribution in [1.82, 2.24) is 15.5 Å². The van der Waals surface area contributed by atoms with E-state index >= 15 is 0 Å². The van der Waals surface area contributed by atoms with Gasteiger partial charge in [-0.25, -0.2) is 13.6 Å². The molecule has 1 aliphatic heterocycles. The summed E-state index contributed by atoms with van der Waals surface area (Å²) in [6, 6.07) is 2.29. The van der Waals surface area contributed by atoms with Gasteiger partial charge in [0.15, 0.2) is 0 Å². The maximum Gasteiger partial charge on any atom is 0.325 e. The van der Waals surface area contributed by atoms with Crippen molar-refractivity contribution in [3.8, 4) is 0 Å². The van der Waals surface area contributed by atoms with Gasteiger partial charge in [-0.3, -0.25) is 14.5 Å². The van der Waals surface area contributed by atoms with E-state index in [1.165, 1.54) is 13.0 Å². The lowest BCUT2D eigenvalue weighted by atomic mass is 9.91. The Bertz CT molecular complexity index is 730. The van der Waals surface area contributed by atoms with Gasteiger partial charge < -0.3 is 10.6 Å². The summed E-state index contributed by atoms with van der Waals surface area (Å²) in [7, 11) is 0. The van der Waals surface area contributed by atoms with Crippen LogP contribution in [0.1, 0.15) is 32.3 Å². The monoisotopic (exact) mass is 351 g/mol. The molecule has 1 saturated heterocycles. The molecule has 2 N–H and O–H groups in total. The lowest BCUT2D eigenvalue weighted by Gasteiger charge is -2.23. The van der Waals surface area contributed by atoms with Crippen molar-refractivity contribution in [2.45, 2.75) is 38.3 Å². The van der Waals surface area contributed by atoms with Crippen molar-refractivity contribution in [3.63, 3.8) is 0 Å². The number of carbonyl (C=O) groups excluding carboxylic acids is 3. The number of urea groups is 1. The Morgan fingerprint density at radius 2 is 1.96 bits per heavy atom. The van der Waals surface area contributed by atoms with Gasteiger partial charge in [-0.15, -0.1) is 0 Å². The lowest BCUT2D eigenvalue weighted by molar-refractivity contribution is -0.135. The van der Waals surface area contributed by atoms with E-state index in [0.29, 0.717) is 10.8 Å². The quantitative estimate of drug-likeness (QED) is 0.792. The van der Waals surface area contributed by atoms with Crippen molar-refractivity contribution in [1.29, 1.82) is 0 Å². The highest BCUT2D eigenvalue weighted by Crippen LogP contribution is 2.33. The van der Waals surface area contributed by atoms with Crippen LogP contribution >= 0.6 is 0 Å². The van der Waals surface area contributed by atoms with Crippen LogP contribution in [0.3, 0.4) is 0 Å². The molecule has 0 spiro atoms. The highest BCUT2D eigenvalue weighted by atomic mass is 19.1. The second kappa shape index (κ2) is 6.09. The molecule has 1 aromatic carbocycles. The van der Waals surface area contributed by atoms with E-state index < -0.39 is 47.1 Å².